The molecule has 1 fully saturated rings. The van der Waals surface area contributed by atoms with Crippen LogP contribution >= 0.6 is 0 Å². The average molecular weight is 222 g/mol. The van der Waals surface area contributed by atoms with Crippen LogP contribution in [0.25, 0.3) is 0 Å². The first kappa shape index (κ1) is 11.6. The standard InChI is InChI=1S/C14H19FO/c1-2-4-11-7-8-14(16-10-11)12-5-3-6-13(15)9-12/h3,5-6,9,11,14H,2,4,7-8,10H2,1H3. The van der Waals surface area contributed by atoms with Gasteiger partial charge in [0.2, 0.25) is 0 Å². The summed E-state index contributed by atoms with van der Waals surface area (Å²) in [6.45, 7) is 3.04. The van der Waals surface area contributed by atoms with Gasteiger partial charge in [0.1, 0.15) is 5.82 Å². The molecule has 1 nitrogen and oxygen atoms in total. The van der Waals surface area contributed by atoms with Crippen LogP contribution in [0.2, 0.25) is 0 Å². The Labute approximate surface area is 96.6 Å². The van der Waals surface area contributed by atoms with Crippen LogP contribution in [0.1, 0.15) is 44.3 Å². The second-order valence-corrected chi connectivity index (χ2v) is 4.61. The summed E-state index contributed by atoms with van der Waals surface area (Å²) in [5, 5.41) is 0. The predicted molar refractivity (Wildman–Crippen MR) is 62.7 cm³/mol. The molecule has 1 aliphatic rings. The Kier molecular flexibility index (Phi) is 3.94. The number of ether oxygens (including phenoxy) is 1. The van der Waals surface area contributed by atoms with E-state index in [0.717, 1.165) is 18.6 Å². The maximum absolute atomic E-state index is 13.1. The van der Waals surface area contributed by atoms with Crippen molar-refractivity contribution < 1.29 is 9.13 Å². The van der Waals surface area contributed by atoms with Crippen molar-refractivity contribution >= 4 is 0 Å². The molecule has 0 N–H and O–H groups in total. The highest BCUT2D eigenvalue weighted by Gasteiger charge is 2.22. The van der Waals surface area contributed by atoms with E-state index in [1.165, 1.54) is 25.3 Å². The molecule has 0 radical (unpaired) electrons. The number of rotatable bonds is 3. The second kappa shape index (κ2) is 5.44. The molecule has 2 heteroatoms. The van der Waals surface area contributed by atoms with Gasteiger partial charge in [0.05, 0.1) is 12.7 Å². The highest BCUT2D eigenvalue weighted by molar-refractivity contribution is 5.19. The lowest BCUT2D eigenvalue weighted by Gasteiger charge is -2.29. The molecule has 1 aromatic rings. The van der Waals surface area contributed by atoms with Gasteiger partial charge in [0.25, 0.3) is 0 Å². The first-order chi connectivity index (χ1) is 7.79. The lowest BCUT2D eigenvalue weighted by atomic mass is 9.92. The van der Waals surface area contributed by atoms with E-state index in [9.17, 15) is 4.39 Å². The van der Waals surface area contributed by atoms with Crippen LogP contribution in [0.3, 0.4) is 0 Å². The summed E-state index contributed by atoms with van der Waals surface area (Å²) in [6, 6.07) is 6.77. The van der Waals surface area contributed by atoms with Gasteiger partial charge in [0, 0.05) is 0 Å². The highest BCUT2D eigenvalue weighted by atomic mass is 19.1. The second-order valence-electron chi connectivity index (χ2n) is 4.61. The molecule has 2 rings (SSSR count). The normalized spacial score (nSPS) is 25.6. The molecule has 0 aliphatic carbocycles. The van der Waals surface area contributed by atoms with Gasteiger partial charge in [-0.1, -0.05) is 25.5 Å². The van der Waals surface area contributed by atoms with Gasteiger partial charge in [-0.25, -0.2) is 4.39 Å². The molecule has 0 aromatic heterocycles. The topological polar surface area (TPSA) is 9.23 Å². The quantitative estimate of drug-likeness (QED) is 0.748. The maximum atomic E-state index is 13.1. The fourth-order valence-electron chi connectivity index (χ4n) is 2.41. The van der Waals surface area contributed by atoms with Crippen molar-refractivity contribution in [1.82, 2.24) is 0 Å². The third-order valence-electron chi connectivity index (χ3n) is 3.29. The van der Waals surface area contributed by atoms with Gasteiger partial charge in [-0.3, -0.25) is 0 Å². The van der Waals surface area contributed by atoms with Crippen molar-refractivity contribution in [1.29, 1.82) is 0 Å². The summed E-state index contributed by atoms with van der Waals surface area (Å²) in [7, 11) is 0. The van der Waals surface area contributed by atoms with Crippen molar-refractivity contribution in [3.8, 4) is 0 Å². The van der Waals surface area contributed by atoms with Gasteiger partial charge in [-0.05, 0) is 42.9 Å². The summed E-state index contributed by atoms with van der Waals surface area (Å²) < 4.78 is 18.9. The molecule has 0 amide bonds. The van der Waals surface area contributed by atoms with E-state index in [1.54, 1.807) is 12.1 Å². The van der Waals surface area contributed by atoms with Crippen LogP contribution in [-0.2, 0) is 4.74 Å². The number of benzene rings is 1. The Bertz CT molecular complexity index is 329. The van der Waals surface area contributed by atoms with Crippen molar-refractivity contribution in [2.75, 3.05) is 6.61 Å². The van der Waals surface area contributed by atoms with E-state index >= 15 is 0 Å². The third kappa shape index (κ3) is 2.82. The van der Waals surface area contributed by atoms with Gasteiger partial charge in [-0.2, -0.15) is 0 Å². The van der Waals surface area contributed by atoms with Crippen molar-refractivity contribution in [2.24, 2.45) is 5.92 Å². The van der Waals surface area contributed by atoms with Crippen LogP contribution < -0.4 is 0 Å². The first-order valence-electron chi connectivity index (χ1n) is 6.16. The lowest BCUT2D eigenvalue weighted by Crippen LogP contribution is -2.20. The molecule has 1 saturated heterocycles. The number of hydrogen-bond donors (Lipinski definition) is 0. The molecular weight excluding hydrogens is 203 g/mol. The highest BCUT2D eigenvalue weighted by Crippen LogP contribution is 2.32. The van der Waals surface area contributed by atoms with E-state index < -0.39 is 0 Å². The van der Waals surface area contributed by atoms with Gasteiger partial charge in [0.15, 0.2) is 0 Å². The number of halogens is 1. The molecule has 1 heterocycles. The van der Waals surface area contributed by atoms with E-state index in [0.29, 0.717) is 5.92 Å². The monoisotopic (exact) mass is 222 g/mol. The Hall–Kier alpha value is -0.890. The van der Waals surface area contributed by atoms with Crippen LogP contribution in [0.4, 0.5) is 4.39 Å². The van der Waals surface area contributed by atoms with E-state index in [4.69, 9.17) is 4.74 Å². The lowest BCUT2D eigenvalue weighted by molar-refractivity contribution is -0.0196. The summed E-state index contributed by atoms with van der Waals surface area (Å²) >= 11 is 0. The van der Waals surface area contributed by atoms with E-state index in [2.05, 4.69) is 6.92 Å². The Balaban J connectivity index is 1.94. The molecule has 2 atom stereocenters. The zero-order chi connectivity index (χ0) is 11.4. The summed E-state index contributed by atoms with van der Waals surface area (Å²) in [6.07, 6.45) is 4.79. The van der Waals surface area contributed by atoms with Crippen molar-refractivity contribution in [2.45, 2.75) is 38.7 Å². The van der Waals surface area contributed by atoms with Gasteiger partial charge < -0.3 is 4.74 Å². The van der Waals surface area contributed by atoms with Crippen molar-refractivity contribution in [3.63, 3.8) is 0 Å². The summed E-state index contributed by atoms with van der Waals surface area (Å²) in [5.41, 5.74) is 0.981. The van der Waals surface area contributed by atoms with Crippen molar-refractivity contribution in [3.05, 3.63) is 35.6 Å². The molecule has 0 spiro atoms. The SMILES string of the molecule is CCCC1CCC(c2cccc(F)c2)OC1. The van der Waals surface area contributed by atoms with Gasteiger partial charge >= 0.3 is 0 Å². The largest absolute Gasteiger partial charge is 0.373 e. The molecule has 0 bridgehead atoms. The molecule has 16 heavy (non-hydrogen) atoms. The Morgan fingerprint density at radius 3 is 2.88 bits per heavy atom. The molecule has 2 unspecified atom stereocenters. The Morgan fingerprint density at radius 1 is 1.38 bits per heavy atom. The summed E-state index contributed by atoms with van der Waals surface area (Å²) in [4.78, 5) is 0. The fourth-order valence-corrected chi connectivity index (χ4v) is 2.41. The molecule has 1 aromatic carbocycles. The van der Waals surface area contributed by atoms with Crippen LogP contribution in [0.5, 0.6) is 0 Å². The van der Waals surface area contributed by atoms with E-state index in [1.807, 2.05) is 6.07 Å². The molecular formula is C14H19FO. The first-order valence-corrected chi connectivity index (χ1v) is 6.16. The molecule has 0 saturated carbocycles. The third-order valence-corrected chi connectivity index (χ3v) is 3.29. The molecule has 88 valence electrons. The minimum atomic E-state index is -0.170. The maximum Gasteiger partial charge on any atom is 0.123 e. The zero-order valence-electron chi connectivity index (χ0n) is 9.79. The fraction of sp³-hybridized carbons (Fsp3) is 0.571. The van der Waals surface area contributed by atoms with Crippen LogP contribution in [0, 0.1) is 11.7 Å². The average Bonchev–Trinajstić information content (AvgIpc) is 2.30. The smallest absolute Gasteiger partial charge is 0.123 e. The van der Waals surface area contributed by atoms with Crippen LogP contribution in [0.15, 0.2) is 24.3 Å². The number of hydrogen-bond acceptors (Lipinski definition) is 1. The Morgan fingerprint density at radius 2 is 2.25 bits per heavy atom. The minimum absolute atomic E-state index is 0.101. The van der Waals surface area contributed by atoms with Gasteiger partial charge in [-0.15, -0.1) is 0 Å². The zero-order valence-corrected chi connectivity index (χ0v) is 9.79. The minimum Gasteiger partial charge on any atom is -0.373 e. The van der Waals surface area contributed by atoms with Crippen LogP contribution in [-0.4, -0.2) is 6.61 Å². The molecule has 1 aliphatic heterocycles. The van der Waals surface area contributed by atoms with E-state index in [-0.39, 0.29) is 11.9 Å². The summed E-state index contributed by atoms with van der Waals surface area (Å²) in [5.74, 6) is 0.534. The predicted octanol–water partition coefficient (Wildman–Crippen LogP) is 4.09.